The molecule has 0 unspecified atom stereocenters. The maximum absolute atomic E-state index is 13.6. The number of carbonyl (C=O) groups is 1. The molecule has 0 saturated heterocycles. The van der Waals surface area contributed by atoms with Crippen LogP contribution in [0.1, 0.15) is 18.5 Å². The highest BCUT2D eigenvalue weighted by Gasteiger charge is 2.56. The van der Waals surface area contributed by atoms with Crippen LogP contribution in [0, 0.1) is 0 Å². The monoisotopic (exact) mass is 414 g/mol. The number of benzene rings is 2. The Kier molecular flexibility index (Phi) is 3.21. The summed E-state index contributed by atoms with van der Waals surface area (Å²) in [6, 6.07) is 15.5. The number of carbonyl (C=O) groups excluding carboxylic acids is 1. The van der Waals surface area contributed by atoms with E-state index in [9.17, 15) is 4.79 Å². The molecule has 0 spiro atoms. The molecule has 0 radical (unpaired) electrons. The first-order chi connectivity index (χ1) is 15.2. The summed E-state index contributed by atoms with van der Waals surface area (Å²) in [5.74, 6) is 2.78. The number of hydrogen-bond donors (Lipinski definition) is 0. The summed E-state index contributed by atoms with van der Waals surface area (Å²) < 4.78 is 18.6. The van der Waals surface area contributed by atoms with Crippen LogP contribution in [0.15, 0.2) is 53.1 Å². The van der Waals surface area contributed by atoms with E-state index in [1.54, 1.807) is 0 Å². The third-order valence-electron chi connectivity index (χ3n) is 6.49. The summed E-state index contributed by atoms with van der Waals surface area (Å²) in [7, 11) is 0. The van der Waals surface area contributed by atoms with Gasteiger partial charge in [0.15, 0.2) is 17.3 Å². The second-order valence-corrected chi connectivity index (χ2v) is 8.24. The molecule has 1 amide bonds. The van der Waals surface area contributed by atoms with Crippen molar-refractivity contribution in [1.29, 1.82) is 0 Å². The molecule has 0 atom stereocenters. The Hall–Kier alpha value is -3.81. The van der Waals surface area contributed by atoms with Crippen LogP contribution in [0.2, 0.25) is 0 Å². The lowest BCUT2D eigenvalue weighted by Crippen LogP contribution is -2.38. The van der Waals surface area contributed by atoms with E-state index >= 15 is 0 Å². The fraction of sp³-hybridized carbons (Fsp3) is 0.261. The fourth-order valence-electron chi connectivity index (χ4n) is 4.63. The standard InChI is InChI=1S/C23H18N4O4/c28-21(27-10-9-26-16-4-2-1-3-15(16)24-22(26)27)23(7-8-23)20-12-18(31-25-20)14-5-6-17-19(11-14)30-13-29-17/h1-6,11-12H,7-10,13H2. The molecule has 0 N–H and O–H groups in total. The Morgan fingerprint density at radius 1 is 1.00 bits per heavy atom. The van der Waals surface area contributed by atoms with Crippen LogP contribution in [-0.4, -0.2) is 34.0 Å². The highest BCUT2D eigenvalue weighted by molar-refractivity contribution is 6.03. The zero-order chi connectivity index (χ0) is 20.6. The first kappa shape index (κ1) is 16.9. The van der Waals surface area contributed by atoms with E-state index in [4.69, 9.17) is 19.0 Å². The van der Waals surface area contributed by atoms with Crippen molar-refractivity contribution in [2.75, 3.05) is 18.2 Å². The van der Waals surface area contributed by atoms with Crippen LogP contribution in [0.3, 0.4) is 0 Å². The van der Waals surface area contributed by atoms with Gasteiger partial charge in [-0.05, 0) is 43.2 Å². The Balaban J connectivity index is 1.22. The number of hydrogen-bond acceptors (Lipinski definition) is 6. The minimum absolute atomic E-state index is 0.0482. The van der Waals surface area contributed by atoms with Crippen LogP contribution in [-0.2, 0) is 16.8 Å². The highest BCUT2D eigenvalue weighted by atomic mass is 16.7. The number of anilines is 1. The lowest BCUT2D eigenvalue weighted by atomic mass is 9.99. The molecule has 1 aliphatic carbocycles. The van der Waals surface area contributed by atoms with Gasteiger partial charge in [0.05, 0.1) is 22.1 Å². The van der Waals surface area contributed by atoms with Gasteiger partial charge in [-0.3, -0.25) is 9.69 Å². The normalized spacial score (nSPS) is 17.9. The van der Waals surface area contributed by atoms with Gasteiger partial charge in [0.1, 0.15) is 0 Å². The van der Waals surface area contributed by atoms with Crippen molar-refractivity contribution in [1.82, 2.24) is 14.7 Å². The Labute approximate surface area is 177 Å². The van der Waals surface area contributed by atoms with Gasteiger partial charge in [0.25, 0.3) is 0 Å². The minimum Gasteiger partial charge on any atom is -0.454 e. The zero-order valence-corrected chi connectivity index (χ0v) is 16.6. The summed E-state index contributed by atoms with van der Waals surface area (Å²) in [6.07, 6.45) is 1.52. The third-order valence-corrected chi connectivity index (χ3v) is 6.49. The predicted octanol–water partition coefficient (Wildman–Crippen LogP) is 3.50. The van der Waals surface area contributed by atoms with Crippen LogP contribution >= 0.6 is 0 Å². The lowest BCUT2D eigenvalue weighted by Gasteiger charge is -2.19. The Bertz CT molecular complexity index is 1370. The molecule has 4 heterocycles. The number of ether oxygens (including phenoxy) is 2. The predicted molar refractivity (Wildman–Crippen MR) is 111 cm³/mol. The molecule has 2 aromatic heterocycles. The van der Waals surface area contributed by atoms with Gasteiger partial charge in [0, 0.05) is 24.7 Å². The van der Waals surface area contributed by atoms with Crippen molar-refractivity contribution < 1.29 is 18.8 Å². The van der Waals surface area contributed by atoms with E-state index in [2.05, 4.69) is 9.72 Å². The first-order valence-electron chi connectivity index (χ1n) is 10.4. The lowest BCUT2D eigenvalue weighted by molar-refractivity contribution is -0.121. The molecule has 2 aromatic carbocycles. The highest BCUT2D eigenvalue weighted by Crippen LogP contribution is 2.51. The molecule has 1 saturated carbocycles. The molecule has 7 rings (SSSR count). The maximum Gasteiger partial charge on any atom is 0.241 e. The molecule has 2 aliphatic heterocycles. The number of aromatic nitrogens is 3. The SMILES string of the molecule is O=C(N1CCn2c1nc1ccccc12)C1(c2cc(-c3ccc4c(c3)OCO4)on2)CC1. The Morgan fingerprint density at radius 3 is 2.77 bits per heavy atom. The molecule has 0 bridgehead atoms. The number of imidazole rings is 1. The smallest absolute Gasteiger partial charge is 0.241 e. The number of amides is 1. The summed E-state index contributed by atoms with van der Waals surface area (Å²) in [5, 5.41) is 4.29. The zero-order valence-electron chi connectivity index (χ0n) is 16.6. The van der Waals surface area contributed by atoms with Crippen LogP contribution < -0.4 is 14.4 Å². The van der Waals surface area contributed by atoms with Crippen molar-refractivity contribution in [2.45, 2.75) is 24.8 Å². The van der Waals surface area contributed by atoms with Crippen LogP contribution in [0.25, 0.3) is 22.4 Å². The summed E-state index contributed by atoms with van der Waals surface area (Å²) in [6.45, 7) is 1.60. The molecule has 31 heavy (non-hydrogen) atoms. The van der Waals surface area contributed by atoms with E-state index in [1.165, 1.54) is 0 Å². The number of fused-ring (bicyclic) bond motifs is 4. The second kappa shape index (κ2) is 5.87. The number of rotatable bonds is 3. The average molecular weight is 414 g/mol. The van der Waals surface area contributed by atoms with Crippen LogP contribution in [0.4, 0.5) is 5.95 Å². The van der Waals surface area contributed by atoms with Gasteiger partial charge in [-0.2, -0.15) is 0 Å². The van der Waals surface area contributed by atoms with E-state index in [1.807, 2.05) is 53.4 Å². The van der Waals surface area contributed by atoms with Gasteiger partial charge in [-0.25, -0.2) is 4.98 Å². The van der Waals surface area contributed by atoms with E-state index < -0.39 is 5.41 Å². The van der Waals surface area contributed by atoms with Crippen molar-refractivity contribution in [2.24, 2.45) is 0 Å². The van der Waals surface area contributed by atoms with E-state index in [0.717, 1.165) is 41.9 Å². The average Bonchev–Trinajstić information content (AvgIpc) is 3.22. The molecule has 154 valence electrons. The van der Waals surface area contributed by atoms with Crippen molar-refractivity contribution in [3.63, 3.8) is 0 Å². The second-order valence-electron chi connectivity index (χ2n) is 8.24. The van der Waals surface area contributed by atoms with E-state index in [-0.39, 0.29) is 12.7 Å². The van der Waals surface area contributed by atoms with Crippen molar-refractivity contribution >= 4 is 22.9 Å². The van der Waals surface area contributed by atoms with Gasteiger partial charge in [-0.15, -0.1) is 0 Å². The fourth-order valence-corrected chi connectivity index (χ4v) is 4.63. The summed E-state index contributed by atoms with van der Waals surface area (Å²) >= 11 is 0. The molecular formula is C23H18N4O4. The van der Waals surface area contributed by atoms with Gasteiger partial charge < -0.3 is 18.6 Å². The van der Waals surface area contributed by atoms with Crippen molar-refractivity contribution in [3.8, 4) is 22.8 Å². The largest absolute Gasteiger partial charge is 0.454 e. The van der Waals surface area contributed by atoms with Crippen LogP contribution in [0.5, 0.6) is 11.5 Å². The molecule has 8 nitrogen and oxygen atoms in total. The first-order valence-corrected chi connectivity index (χ1v) is 10.4. The molecule has 4 aromatic rings. The van der Waals surface area contributed by atoms with Gasteiger partial charge in [-0.1, -0.05) is 17.3 Å². The summed E-state index contributed by atoms with van der Waals surface area (Å²) in [4.78, 5) is 20.1. The van der Waals surface area contributed by atoms with E-state index in [0.29, 0.717) is 29.5 Å². The van der Waals surface area contributed by atoms with Gasteiger partial charge in [0.2, 0.25) is 18.6 Å². The molecule has 3 aliphatic rings. The maximum atomic E-state index is 13.6. The number of nitrogens with zero attached hydrogens (tertiary/aromatic N) is 4. The number of para-hydroxylation sites is 2. The Morgan fingerprint density at radius 2 is 1.87 bits per heavy atom. The summed E-state index contributed by atoms with van der Waals surface area (Å²) in [5.41, 5.74) is 2.86. The van der Waals surface area contributed by atoms with Crippen molar-refractivity contribution in [3.05, 3.63) is 54.2 Å². The molecule has 1 fully saturated rings. The molecule has 8 heteroatoms. The molecular weight excluding hydrogens is 396 g/mol. The topological polar surface area (TPSA) is 82.6 Å². The van der Waals surface area contributed by atoms with Gasteiger partial charge >= 0.3 is 0 Å². The minimum atomic E-state index is -0.634. The third kappa shape index (κ3) is 2.32. The quantitative estimate of drug-likeness (QED) is 0.510.